The van der Waals surface area contributed by atoms with E-state index in [9.17, 15) is 0 Å². The van der Waals surface area contributed by atoms with Crippen LogP contribution in [-0.2, 0) is 6.54 Å². The third-order valence-corrected chi connectivity index (χ3v) is 12.8. The molecule has 3 atom stereocenters. The minimum Gasteiger partial charge on any atom is -0.352 e. The van der Waals surface area contributed by atoms with Crippen LogP contribution in [0.15, 0.2) is 176 Å². The van der Waals surface area contributed by atoms with E-state index in [0.717, 1.165) is 12.2 Å². The van der Waals surface area contributed by atoms with Crippen LogP contribution in [-0.4, -0.2) is 10.6 Å². The lowest BCUT2D eigenvalue weighted by Crippen LogP contribution is -2.40. The third-order valence-electron chi connectivity index (χ3n) is 12.8. The van der Waals surface area contributed by atoms with Gasteiger partial charge in [-0.05, 0) is 80.6 Å². The number of rotatable bonds is 6. The molecule has 9 aromatic rings. The SMILES string of the molecule is C1=CC(Cn2c3ccccc3c3c4ccccc4c4c(c32)Nc2c(ccc3ccccc23)-c2cccc-4c2)C(NC(c2ccc3ccccc3c2)C2CC2)C=C1. The summed E-state index contributed by atoms with van der Waals surface area (Å²) in [6.45, 7) is 0.840. The zero-order valence-corrected chi connectivity index (χ0v) is 31.1. The Labute approximate surface area is 326 Å². The molecule has 1 saturated carbocycles. The fraction of sp³-hybridized carbons (Fsp3) is 0.132. The molecule has 0 spiro atoms. The number of hydrogen-bond donors (Lipinski definition) is 2. The molecular weight excluding hydrogens is 679 g/mol. The van der Waals surface area contributed by atoms with Gasteiger partial charge < -0.3 is 15.2 Å². The summed E-state index contributed by atoms with van der Waals surface area (Å²) in [4.78, 5) is 0. The van der Waals surface area contributed by atoms with Gasteiger partial charge in [-0.2, -0.15) is 0 Å². The largest absolute Gasteiger partial charge is 0.352 e. The highest BCUT2D eigenvalue weighted by Gasteiger charge is 2.35. The van der Waals surface area contributed by atoms with Gasteiger partial charge in [0.2, 0.25) is 0 Å². The van der Waals surface area contributed by atoms with Crippen molar-refractivity contribution in [2.24, 2.45) is 11.8 Å². The van der Waals surface area contributed by atoms with Crippen LogP contribution in [0.1, 0.15) is 24.4 Å². The van der Waals surface area contributed by atoms with E-state index in [1.54, 1.807) is 0 Å². The highest BCUT2D eigenvalue weighted by atomic mass is 15.0. The van der Waals surface area contributed by atoms with E-state index in [0.29, 0.717) is 12.0 Å². The Morgan fingerprint density at radius 1 is 0.589 bits per heavy atom. The van der Waals surface area contributed by atoms with Crippen molar-refractivity contribution in [2.45, 2.75) is 31.5 Å². The second-order valence-corrected chi connectivity index (χ2v) is 16.1. The van der Waals surface area contributed by atoms with Gasteiger partial charge in [0.25, 0.3) is 0 Å². The van der Waals surface area contributed by atoms with Crippen molar-refractivity contribution >= 4 is 65.5 Å². The zero-order valence-electron chi connectivity index (χ0n) is 31.1. The second kappa shape index (κ2) is 12.6. The fourth-order valence-electron chi connectivity index (χ4n) is 9.99. The maximum Gasteiger partial charge on any atom is 0.0743 e. The summed E-state index contributed by atoms with van der Waals surface area (Å²) in [7, 11) is 0. The number of fused-ring (bicyclic) bond motifs is 16. The van der Waals surface area contributed by atoms with Gasteiger partial charge in [0, 0.05) is 57.3 Å². The monoisotopic (exact) mass is 719 g/mol. The van der Waals surface area contributed by atoms with Gasteiger partial charge in [-0.1, -0.05) is 158 Å². The van der Waals surface area contributed by atoms with E-state index >= 15 is 0 Å². The minimum atomic E-state index is 0.185. The molecular formula is C53H41N3. The molecule has 8 aromatic carbocycles. The van der Waals surface area contributed by atoms with Crippen LogP contribution in [0.4, 0.5) is 11.4 Å². The number of benzene rings is 8. The smallest absolute Gasteiger partial charge is 0.0743 e. The van der Waals surface area contributed by atoms with Gasteiger partial charge in [-0.25, -0.2) is 0 Å². The van der Waals surface area contributed by atoms with Crippen molar-refractivity contribution in [1.29, 1.82) is 0 Å². The Morgan fingerprint density at radius 3 is 2.18 bits per heavy atom. The molecule has 12 rings (SSSR count). The number of hydrogen-bond acceptors (Lipinski definition) is 2. The molecule has 2 N–H and O–H groups in total. The normalized spacial score (nSPS) is 17.9. The van der Waals surface area contributed by atoms with E-state index in [2.05, 4.69) is 191 Å². The minimum absolute atomic E-state index is 0.185. The van der Waals surface area contributed by atoms with Crippen LogP contribution in [0.5, 0.6) is 0 Å². The first-order valence-electron chi connectivity index (χ1n) is 20.2. The molecule has 0 radical (unpaired) electrons. The summed E-state index contributed by atoms with van der Waals surface area (Å²) in [6, 6.07) is 57.0. The van der Waals surface area contributed by atoms with Crippen LogP contribution in [0.3, 0.4) is 0 Å². The van der Waals surface area contributed by atoms with Crippen molar-refractivity contribution < 1.29 is 0 Å². The molecule has 0 saturated heterocycles. The van der Waals surface area contributed by atoms with Crippen LogP contribution < -0.4 is 10.6 Å². The molecule has 1 aromatic heterocycles. The first-order valence-corrected chi connectivity index (χ1v) is 20.2. The van der Waals surface area contributed by atoms with Crippen LogP contribution in [0.2, 0.25) is 0 Å². The van der Waals surface area contributed by atoms with Gasteiger partial charge in [0.05, 0.1) is 16.9 Å². The fourth-order valence-corrected chi connectivity index (χ4v) is 9.99. The van der Waals surface area contributed by atoms with E-state index in [4.69, 9.17) is 0 Å². The average Bonchev–Trinajstić information content (AvgIpc) is 4.05. The molecule has 3 heteroatoms. The van der Waals surface area contributed by atoms with Crippen molar-refractivity contribution in [3.63, 3.8) is 0 Å². The molecule has 268 valence electrons. The van der Waals surface area contributed by atoms with E-state index in [-0.39, 0.29) is 12.0 Å². The predicted octanol–water partition coefficient (Wildman–Crippen LogP) is 13.5. The Bertz CT molecular complexity index is 3100. The highest BCUT2D eigenvalue weighted by Crippen LogP contribution is 2.51. The first-order chi connectivity index (χ1) is 27.8. The maximum atomic E-state index is 4.24. The summed E-state index contributed by atoms with van der Waals surface area (Å²) >= 11 is 0. The van der Waals surface area contributed by atoms with Gasteiger partial charge in [0.15, 0.2) is 0 Å². The molecule has 1 fully saturated rings. The zero-order chi connectivity index (χ0) is 36.7. The highest BCUT2D eigenvalue weighted by molar-refractivity contribution is 6.29. The summed E-state index contributed by atoms with van der Waals surface area (Å²) in [5, 5.41) is 18.7. The van der Waals surface area contributed by atoms with Crippen molar-refractivity contribution in [1.82, 2.24) is 9.88 Å². The number of aromatic nitrogens is 1. The van der Waals surface area contributed by atoms with Gasteiger partial charge in [-0.3, -0.25) is 0 Å². The van der Waals surface area contributed by atoms with E-state index in [1.165, 1.54) is 100 Å². The molecule has 2 aliphatic carbocycles. The number of nitrogens with zero attached hydrogens (tertiary/aromatic N) is 1. The predicted molar refractivity (Wildman–Crippen MR) is 237 cm³/mol. The standard InChI is InChI=1S/C53H41N3/c1-2-14-36-30-39(27-24-33(36)12-1)50(35-25-26-35)54-46-22-9-4-15-40(46)32-56-47-23-10-8-21-45(47)49-44-20-7-6-19-43(44)48-38-17-11-16-37(31-38)42-29-28-34-13-3-5-18-41(34)51(42)55-52(48)53(49)56/h1-24,27-31,35,40,46,50,54-55H,25-26,32H2. The van der Waals surface area contributed by atoms with Crippen molar-refractivity contribution in [3.8, 4) is 22.3 Å². The Hall–Kier alpha value is -6.42. The lowest BCUT2D eigenvalue weighted by atomic mass is 9.88. The number of allylic oxidation sites excluding steroid dienone is 2. The molecule has 2 bridgehead atoms. The lowest BCUT2D eigenvalue weighted by Gasteiger charge is -2.32. The summed E-state index contributed by atoms with van der Waals surface area (Å²) in [5.74, 6) is 0.901. The quantitative estimate of drug-likeness (QED) is 0.179. The summed E-state index contributed by atoms with van der Waals surface area (Å²) in [5.41, 5.74) is 11.2. The van der Waals surface area contributed by atoms with Gasteiger partial charge >= 0.3 is 0 Å². The molecule has 56 heavy (non-hydrogen) atoms. The first kappa shape index (κ1) is 31.9. The number of para-hydroxylation sites is 1. The molecule has 3 unspecified atom stereocenters. The van der Waals surface area contributed by atoms with E-state index in [1.807, 2.05) is 0 Å². The van der Waals surface area contributed by atoms with Crippen LogP contribution >= 0.6 is 0 Å². The Kier molecular flexibility index (Phi) is 7.15. The average molecular weight is 720 g/mol. The summed E-state index contributed by atoms with van der Waals surface area (Å²) in [6.07, 6.45) is 11.9. The molecule has 3 nitrogen and oxygen atoms in total. The van der Waals surface area contributed by atoms with Crippen LogP contribution in [0.25, 0.3) is 76.4 Å². The van der Waals surface area contributed by atoms with E-state index < -0.39 is 0 Å². The Balaban J connectivity index is 1.07. The van der Waals surface area contributed by atoms with Crippen molar-refractivity contribution in [3.05, 3.63) is 182 Å². The number of nitrogens with one attached hydrogen (secondary N) is 2. The van der Waals surface area contributed by atoms with Crippen molar-refractivity contribution in [2.75, 3.05) is 5.32 Å². The van der Waals surface area contributed by atoms with Gasteiger partial charge in [0.1, 0.15) is 0 Å². The van der Waals surface area contributed by atoms with Crippen LogP contribution in [0, 0.1) is 11.8 Å². The molecule has 2 heterocycles. The lowest BCUT2D eigenvalue weighted by molar-refractivity contribution is 0.363. The topological polar surface area (TPSA) is 29.0 Å². The molecule has 3 aliphatic rings. The third kappa shape index (κ3) is 5.01. The molecule has 1 aliphatic heterocycles. The number of anilines is 2. The molecule has 0 amide bonds. The maximum absolute atomic E-state index is 4.24. The van der Waals surface area contributed by atoms with Gasteiger partial charge in [-0.15, -0.1) is 0 Å². The second-order valence-electron chi connectivity index (χ2n) is 16.1. The Morgan fingerprint density at radius 2 is 1.30 bits per heavy atom. The summed E-state index contributed by atoms with van der Waals surface area (Å²) < 4.78 is 2.64.